The minimum atomic E-state index is -1.19. The van der Waals surface area contributed by atoms with Crippen LogP contribution in [0.2, 0.25) is 0 Å². The highest BCUT2D eigenvalue weighted by molar-refractivity contribution is 5.89. The topological polar surface area (TPSA) is 87.4 Å². The summed E-state index contributed by atoms with van der Waals surface area (Å²) in [6, 6.07) is 0. The lowest BCUT2D eigenvalue weighted by molar-refractivity contribution is -0.116. The normalized spacial score (nSPS) is 23.2. The van der Waals surface area contributed by atoms with E-state index in [2.05, 4.69) is 10.6 Å². The van der Waals surface area contributed by atoms with Crippen LogP contribution in [-0.4, -0.2) is 23.8 Å². The number of hydrogen-bond acceptors (Lipinski definition) is 4. The largest absolute Gasteiger partial charge is 0.402 e. The highest BCUT2D eigenvalue weighted by atomic mass is 16.3. The van der Waals surface area contributed by atoms with E-state index in [0.717, 1.165) is 17.8 Å². The van der Waals surface area contributed by atoms with E-state index >= 15 is 0 Å². The fraction of sp³-hybridized carbons (Fsp3) is 0.462. The lowest BCUT2D eigenvalue weighted by Gasteiger charge is -2.20. The number of carbonyl (C=O) groups is 1. The maximum absolute atomic E-state index is 11.7. The lowest BCUT2D eigenvalue weighted by atomic mass is 9.96. The summed E-state index contributed by atoms with van der Waals surface area (Å²) in [5, 5.41) is 15.1. The van der Waals surface area contributed by atoms with Crippen LogP contribution >= 0.6 is 0 Å². The maximum atomic E-state index is 11.7. The molecule has 2 unspecified atom stereocenters. The molecule has 18 heavy (non-hydrogen) atoms. The van der Waals surface area contributed by atoms with Crippen LogP contribution in [0.15, 0.2) is 35.7 Å². The molecular formula is C13H21N3O2. The van der Waals surface area contributed by atoms with E-state index in [0.29, 0.717) is 0 Å². The van der Waals surface area contributed by atoms with Gasteiger partial charge in [0.2, 0.25) is 5.91 Å². The molecule has 2 atom stereocenters. The van der Waals surface area contributed by atoms with Crippen molar-refractivity contribution in [2.24, 2.45) is 11.7 Å². The Balaban J connectivity index is 2.61. The van der Waals surface area contributed by atoms with E-state index in [1.54, 1.807) is 20.0 Å². The zero-order valence-corrected chi connectivity index (χ0v) is 11.0. The van der Waals surface area contributed by atoms with Crippen molar-refractivity contribution in [2.45, 2.75) is 26.0 Å². The molecule has 1 amide bonds. The third kappa shape index (κ3) is 4.35. The third-order valence-corrected chi connectivity index (χ3v) is 2.88. The average molecular weight is 251 g/mol. The molecule has 5 N–H and O–H groups in total. The zero-order chi connectivity index (χ0) is 13.8. The Morgan fingerprint density at radius 2 is 2.28 bits per heavy atom. The quantitative estimate of drug-likeness (QED) is 0.429. The second-order valence-electron chi connectivity index (χ2n) is 4.69. The Bertz CT molecular complexity index is 408. The van der Waals surface area contributed by atoms with Gasteiger partial charge in [0.05, 0.1) is 0 Å². The number of nitrogens with one attached hydrogen (secondary N) is 2. The first-order valence-electron chi connectivity index (χ1n) is 5.92. The fourth-order valence-corrected chi connectivity index (χ4v) is 1.56. The predicted octanol–water partition coefficient (Wildman–Crippen LogP) is 0.353. The van der Waals surface area contributed by atoms with Crippen molar-refractivity contribution in [1.29, 1.82) is 0 Å². The molecule has 1 aliphatic carbocycles. The Morgan fingerprint density at radius 3 is 2.83 bits per heavy atom. The predicted molar refractivity (Wildman–Crippen MR) is 71.1 cm³/mol. The van der Waals surface area contributed by atoms with E-state index in [4.69, 9.17) is 5.73 Å². The first-order valence-corrected chi connectivity index (χ1v) is 5.92. The first kappa shape index (κ1) is 14.5. The summed E-state index contributed by atoms with van der Waals surface area (Å²) in [4.78, 5) is 11.7. The molecule has 0 heterocycles. The molecule has 5 heteroatoms. The molecule has 0 spiro atoms. The van der Waals surface area contributed by atoms with Crippen LogP contribution in [0.4, 0.5) is 0 Å². The molecule has 100 valence electrons. The molecule has 0 aromatic carbocycles. The van der Waals surface area contributed by atoms with Gasteiger partial charge < -0.3 is 16.2 Å². The summed E-state index contributed by atoms with van der Waals surface area (Å²) < 4.78 is 0. The summed E-state index contributed by atoms with van der Waals surface area (Å²) >= 11 is 0. The highest BCUT2D eigenvalue weighted by Gasteiger charge is 2.16. The van der Waals surface area contributed by atoms with Crippen LogP contribution in [0, 0.1) is 5.92 Å². The molecule has 5 nitrogen and oxygen atoms in total. The van der Waals surface area contributed by atoms with Crippen molar-refractivity contribution in [3.05, 3.63) is 35.7 Å². The number of carbonyl (C=O) groups excluding carboxylic acids is 1. The molecule has 0 saturated heterocycles. The molecule has 1 aliphatic rings. The summed E-state index contributed by atoms with van der Waals surface area (Å²) in [6.07, 6.45) is 7.06. The molecule has 0 aromatic heterocycles. The fourth-order valence-electron chi connectivity index (χ4n) is 1.56. The number of likely N-dealkylation sites (N-methyl/N-ethyl adjacent to an activating group) is 1. The van der Waals surface area contributed by atoms with Gasteiger partial charge in [0, 0.05) is 23.4 Å². The number of amides is 1. The number of allylic oxidation sites excluding steroid dienone is 4. The number of nitrogens with two attached hydrogens (primary N) is 1. The number of rotatable bonds is 4. The zero-order valence-electron chi connectivity index (χ0n) is 11.0. The van der Waals surface area contributed by atoms with Gasteiger partial charge in [-0.2, -0.15) is 0 Å². The van der Waals surface area contributed by atoms with Crippen LogP contribution in [0.25, 0.3) is 0 Å². The van der Waals surface area contributed by atoms with Crippen LogP contribution in [0.1, 0.15) is 20.3 Å². The molecule has 0 radical (unpaired) electrons. The van der Waals surface area contributed by atoms with Crippen molar-refractivity contribution in [3.8, 4) is 0 Å². The smallest absolute Gasteiger partial charge is 0.247 e. The summed E-state index contributed by atoms with van der Waals surface area (Å²) in [5.74, 6) is -0.0744. The highest BCUT2D eigenvalue weighted by Crippen LogP contribution is 2.20. The molecule has 0 bridgehead atoms. The first-order chi connectivity index (χ1) is 8.34. The SMILES string of the molecule is CNC(C)(O)/C=C\C(=O)NC1=CC=C(N)CC1C. The molecule has 0 aromatic rings. The van der Waals surface area contributed by atoms with Gasteiger partial charge in [0.15, 0.2) is 0 Å². The second kappa shape index (κ2) is 5.84. The maximum Gasteiger partial charge on any atom is 0.247 e. The van der Waals surface area contributed by atoms with Gasteiger partial charge in [0.1, 0.15) is 5.72 Å². The monoisotopic (exact) mass is 251 g/mol. The van der Waals surface area contributed by atoms with E-state index in [-0.39, 0.29) is 11.8 Å². The van der Waals surface area contributed by atoms with E-state index in [1.165, 1.54) is 12.2 Å². The van der Waals surface area contributed by atoms with Gasteiger partial charge in [-0.05, 0) is 38.6 Å². The van der Waals surface area contributed by atoms with E-state index in [1.807, 2.05) is 13.0 Å². The molecule has 0 saturated carbocycles. The summed E-state index contributed by atoms with van der Waals surface area (Å²) in [7, 11) is 1.61. The van der Waals surface area contributed by atoms with Crippen LogP contribution in [-0.2, 0) is 4.79 Å². The van der Waals surface area contributed by atoms with Crippen molar-refractivity contribution < 1.29 is 9.90 Å². The van der Waals surface area contributed by atoms with Crippen molar-refractivity contribution in [1.82, 2.24) is 10.6 Å². The van der Waals surface area contributed by atoms with Gasteiger partial charge in [0.25, 0.3) is 0 Å². The van der Waals surface area contributed by atoms with Gasteiger partial charge in [-0.3, -0.25) is 10.1 Å². The minimum absolute atomic E-state index is 0.192. The summed E-state index contributed by atoms with van der Waals surface area (Å²) in [6.45, 7) is 3.56. The Kier molecular flexibility index (Phi) is 4.69. The van der Waals surface area contributed by atoms with Crippen molar-refractivity contribution in [3.63, 3.8) is 0 Å². The molecule has 0 fully saturated rings. The van der Waals surface area contributed by atoms with Gasteiger partial charge in [-0.1, -0.05) is 6.92 Å². The molecule has 0 aliphatic heterocycles. The van der Waals surface area contributed by atoms with E-state index in [9.17, 15) is 9.90 Å². The molecule has 1 rings (SSSR count). The van der Waals surface area contributed by atoms with E-state index < -0.39 is 5.72 Å². The van der Waals surface area contributed by atoms with Crippen molar-refractivity contribution >= 4 is 5.91 Å². The minimum Gasteiger partial charge on any atom is -0.402 e. The van der Waals surface area contributed by atoms with Crippen LogP contribution in [0.3, 0.4) is 0 Å². The third-order valence-electron chi connectivity index (χ3n) is 2.88. The molecular weight excluding hydrogens is 230 g/mol. The van der Waals surface area contributed by atoms with Gasteiger partial charge in [-0.15, -0.1) is 0 Å². The van der Waals surface area contributed by atoms with Gasteiger partial charge >= 0.3 is 0 Å². The Morgan fingerprint density at radius 1 is 1.61 bits per heavy atom. The lowest BCUT2D eigenvalue weighted by Crippen LogP contribution is -2.37. The second-order valence-corrected chi connectivity index (χ2v) is 4.69. The standard InChI is InChI=1S/C13H21N3O2/c1-9-8-10(14)4-5-11(9)16-12(17)6-7-13(2,18)15-3/h4-7,9,15,18H,8,14H2,1-3H3,(H,16,17)/b7-6-. The Labute approximate surface area is 107 Å². The van der Waals surface area contributed by atoms with Crippen molar-refractivity contribution in [2.75, 3.05) is 7.05 Å². The number of aliphatic hydroxyl groups is 1. The summed E-state index contributed by atoms with van der Waals surface area (Å²) in [5.41, 5.74) is 6.16. The Hall–Kier alpha value is -1.59. The van der Waals surface area contributed by atoms with Crippen LogP contribution < -0.4 is 16.4 Å². The average Bonchev–Trinajstić information content (AvgIpc) is 2.30. The van der Waals surface area contributed by atoms with Gasteiger partial charge in [-0.25, -0.2) is 0 Å². The van der Waals surface area contributed by atoms with Crippen LogP contribution in [0.5, 0.6) is 0 Å². The number of hydrogen-bond donors (Lipinski definition) is 4.